The van der Waals surface area contributed by atoms with E-state index in [2.05, 4.69) is 15.0 Å². The van der Waals surface area contributed by atoms with Crippen LogP contribution in [0.1, 0.15) is 12.8 Å². The number of ether oxygens (including phenoxy) is 1. The van der Waals surface area contributed by atoms with Crippen molar-refractivity contribution in [2.75, 3.05) is 26.8 Å². The van der Waals surface area contributed by atoms with Crippen molar-refractivity contribution >= 4 is 0 Å². The van der Waals surface area contributed by atoms with Gasteiger partial charge in [0, 0.05) is 38.2 Å². The van der Waals surface area contributed by atoms with E-state index in [1.54, 1.807) is 41.0 Å². The van der Waals surface area contributed by atoms with Crippen molar-refractivity contribution in [1.82, 2.24) is 24.2 Å². The Morgan fingerprint density at radius 3 is 3.09 bits per heavy atom. The van der Waals surface area contributed by atoms with Gasteiger partial charge in [0.2, 0.25) is 0 Å². The molecule has 0 amide bonds. The van der Waals surface area contributed by atoms with Crippen molar-refractivity contribution < 1.29 is 4.74 Å². The summed E-state index contributed by atoms with van der Waals surface area (Å²) in [5.74, 6) is 0.707. The maximum Gasteiger partial charge on any atom is 0.266 e. The van der Waals surface area contributed by atoms with Gasteiger partial charge in [-0.15, -0.1) is 0 Å². The fourth-order valence-electron chi connectivity index (χ4n) is 2.91. The summed E-state index contributed by atoms with van der Waals surface area (Å²) in [5.41, 5.74) is -0.0672. The molecule has 7 heteroatoms. The highest BCUT2D eigenvalue weighted by Gasteiger charge is 2.25. The molecule has 1 saturated heterocycles. The standard InChI is InChI=1S/C15H21N5O2/c1-22-10-9-18-7-2-3-13(18)11-20-15(21)5-4-14(17-20)19-8-6-16-12-19/h4-6,8,12-13H,2-3,7,9-11H2,1H3. The van der Waals surface area contributed by atoms with Crippen molar-refractivity contribution in [2.45, 2.75) is 25.4 Å². The fourth-order valence-corrected chi connectivity index (χ4v) is 2.91. The van der Waals surface area contributed by atoms with E-state index in [0.29, 0.717) is 25.0 Å². The molecule has 7 nitrogen and oxygen atoms in total. The Morgan fingerprint density at radius 2 is 2.32 bits per heavy atom. The SMILES string of the molecule is COCCN1CCCC1Cn1nc(-n2ccnc2)ccc1=O. The molecule has 3 rings (SSSR count). The first kappa shape index (κ1) is 14.9. The molecule has 0 radical (unpaired) electrons. The van der Waals surface area contributed by atoms with E-state index >= 15 is 0 Å². The minimum absolute atomic E-state index is 0.0672. The predicted molar refractivity (Wildman–Crippen MR) is 82.1 cm³/mol. The van der Waals surface area contributed by atoms with Crippen LogP contribution in [0, 0.1) is 0 Å². The molecule has 1 unspecified atom stereocenters. The summed E-state index contributed by atoms with van der Waals surface area (Å²) >= 11 is 0. The monoisotopic (exact) mass is 303 g/mol. The molecule has 0 aliphatic carbocycles. The average molecular weight is 303 g/mol. The van der Waals surface area contributed by atoms with Crippen LogP contribution in [0.4, 0.5) is 0 Å². The van der Waals surface area contributed by atoms with Crippen LogP contribution in [-0.4, -0.2) is 57.1 Å². The van der Waals surface area contributed by atoms with Gasteiger partial charge in [-0.1, -0.05) is 0 Å². The van der Waals surface area contributed by atoms with Crippen LogP contribution in [0.25, 0.3) is 5.82 Å². The summed E-state index contributed by atoms with van der Waals surface area (Å²) in [6, 6.07) is 3.63. The van der Waals surface area contributed by atoms with Gasteiger partial charge in [-0.25, -0.2) is 9.67 Å². The van der Waals surface area contributed by atoms with Gasteiger partial charge in [0.25, 0.3) is 5.56 Å². The molecule has 118 valence electrons. The quantitative estimate of drug-likeness (QED) is 0.779. The molecule has 2 aromatic heterocycles. The van der Waals surface area contributed by atoms with Crippen molar-refractivity contribution in [3.8, 4) is 5.82 Å². The molecule has 22 heavy (non-hydrogen) atoms. The van der Waals surface area contributed by atoms with Gasteiger partial charge in [-0.3, -0.25) is 14.3 Å². The second-order valence-electron chi connectivity index (χ2n) is 5.51. The predicted octanol–water partition coefficient (Wildman–Crippen LogP) is 0.540. The molecule has 1 atom stereocenters. The van der Waals surface area contributed by atoms with E-state index in [0.717, 1.165) is 25.9 Å². The Balaban J connectivity index is 1.77. The van der Waals surface area contributed by atoms with Crippen LogP contribution in [0.3, 0.4) is 0 Å². The first-order valence-electron chi connectivity index (χ1n) is 7.57. The van der Waals surface area contributed by atoms with Crippen molar-refractivity contribution in [2.24, 2.45) is 0 Å². The first-order valence-corrected chi connectivity index (χ1v) is 7.57. The largest absolute Gasteiger partial charge is 0.383 e. The summed E-state index contributed by atoms with van der Waals surface area (Å²) in [7, 11) is 1.71. The van der Waals surface area contributed by atoms with Crippen molar-refractivity contribution in [1.29, 1.82) is 0 Å². The molecule has 0 spiro atoms. The molecule has 1 fully saturated rings. The lowest BCUT2D eigenvalue weighted by atomic mass is 10.2. The van der Waals surface area contributed by atoms with E-state index in [1.165, 1.54) is 0 Å². The maximum atomic E-state index is 12.1. The maximum absolute atomic E-state index is 12.1. The van der Waals surface area contributed by atoms with Gasteiger partial charge >= 0.3 is 0 Å². The molecule has 1 aliphatic heterocycles. The number of likely N-dealkylation sites (tertiary alicyclic amines) is 1. The molecule has 0 N–H and O–H groups in total. The number of hydrogen-bond donors (Lipinski definition) is 0. The van der Waals surface area contributed by atoms with E-state index < -0.39 is 0 Å². The normalized spacial score (nSPS) is 18.9. The number of hydrogen-bond acceptors (Lipinski definition) is 5. The van der Waals surface area contributed by atoms with E-state index in [-0.39, 0.29) is 5.56 Å². The lowest BCUT2D eigenvalue weighted by Gasteiger charge is -2.24. The van der Waals surface area contributed by atoms with Crippen LogP contribution in [0.2, 0.25) is 0 Å². The van der Waals surface area contributed by atoms with Crippen LogP contribution >= 0.6 is 0 Å². The minimum atomic E-state index is -0.0672. The summed E-state index contributed by atoms with van der Waals surface area (Å²) in [6.45, 7) is 3.29. The Bertz CT molecular complexity index is 652. The third kappa shape index (κ3) is 3.26. The third-order valence-electron chi connectivity index (χ3n) is 4.09. The van der Waals surface area contributed by atoms with Crippen molar-refractivity contribution in [3.63, 3.8) is 0 Å². The van der Waals surface area contributed by atoms with Gasteiger partial charge < -0.3 is 4.74 Å². The van der Waals surface area contributed by atoms with Crippen LogP contribution < -0.4 is 5.56 Å². The Morgan fingerprint density at radius 1 is 1.41 bits per heavy atom. The molecule has 3 heterocycles. The zero-order valence-electron chi connectivity index (χ0n) is 12.8. The Labute approximate surface area is 129 Å². The number of nitrogens with zero attached hydrogens (tertiary/aromatic N) is 5. The zero-order chi connectivity index (χ0) is 15.4. The summed E-state index contributed by atoms with van der Waals surface area (Å²) in [4.78, 5) is 18.5. The van der Waals surface area contributed by atoms with Crippen molar-refractivity contribution in [3.05, 3.63) is 41.2 Å². The molecule has 0 aromatic carbocycles. The Kier molecular flexibility index (Phi) is 4.65. The van der Waals surface area contributed by atoms with E-state index in [9.17, 15) is 4.79 Å². The highest BCUT2D eigenvalue weighted by Crippen LogP contribution is 2.17. The first-order chi connectivity index (χ1) is 10.8. The molecule has 1 aliphatic rings. The number of methoxy groups -OCH3 is 1. The second kappa shape index (κ2) is 6.85. The summed E-state index contributed by atoms with van der Waals surface area (Å²) in [6.07, 6.45) is 7.44. The van der Waals surface area contributed by atoms with Crippen LogP contribution in [0.15, 0.2) is 35.6 Å². The Hall–Kier alpha value is -1.99. The fraction of sp³-hybridized carbons (Fsp3) is 0.533. The topological polar surface area (TPSA) is 65.2 Å². The molecular weight excluding hydrogens is 282 g/mol. The van der Waals surface area contributed by atoms with E-state index in [4.69, 9.17) is 4.74 Å². The molecule has 0 saturated carbocycles. The highest BCUT2D eigenvalue weighted by atomic mass is 16.5. The van der Waals surface area contributed by atoms with Crippen LogP contribution in [-0.2, 0) is 11.3 Å². The molecule has 2 aromatic rings. The number of imidazole rings is 1. The molecular formula is C15H21N5O2. The van der Waals surface area contributed by atoms with Gasteiger partial charge in [0.05, 0.1) is 13.2 Å². The summed E-state index contributed by atoms with van der Waals surface area (Å²) < 4.78 is 8.52. The highest BCUT2D eigenvalue weighted by molar-refractivity contribution is 5.19. The smallest absolute Gasteiger partial charge is 0.266 e. The minimum Gasteiger partial charge on any atom is -0.383 e. The molecule has 0 bridgehead atoms. The van der Waals surface area contributed by atoms with E-state index in [1.807, 2.05) is 6.20 Å². The number of aromatic nitrogens is 4. The number of rotatable bonds is 6. The average Bonchev–Trinajstić information content (AvgIpc) is 3.19. The zero-order valence-corrected chi connectivity index (χ0v) is 12.8. The van der Waals surface area contributed by atoms with Gasteiger partial charge in [0.1, 0.15) is 6.33 Å². The lowest BCUT2D eigenvalue weighted by molar-refractivity contribution is 0.134. The third-order valence-corrected chi connectivity index (χ3v) is 4.09. The van der Waals surface area contributed by atoms with Gasteiger partial charge in [-0.05, 0) is 25.5 Å². The van der Waals surface area contributed by atoms with Crippen LogP contribution in [0.5, 0.6) is 0 Å². The second-order valence-corrected chi connectivity index (χ2v) is 5.51. The summed E-state index contributed by atoms with van der Waals surface area (Å²) in [5, 5.41) is 4.46. The van der Waals surface area contributed by atoms with Gasteiger partial charge in [0.15, 0.2) is 5.82 Å². The lowest BCUT2D eigenvalue weighted by Crippen LogP contribution is -2.38. The van der Waals surface area contributed by atoms with Gasteiger partial charge in [-0.2, -0.15) is 5.10 Å².